The number of aryl methyl sites for hydroxylation is 1. The molecule has 9 nitrogen and oxygen atoms in total. The molecule has 0 unspecified atom stereocenters. The highest BCUT2D eigenvalue weighted by Gasteiger charge is 2.28. The summed E-state index contributed by atoms with van der Waals surface area (Å²) >= 11 is 0. The molecule has 4 aromatic heterocycles. The lowest BCUT2D eigenvalue weighted by molar-refractivity contribution is -0.127. The van der Waals surface area contributed by atoms with E-state index in [0.717, 1.165) is 48.9 Å². The summed E-state index contributed by atoms with van der Waals surface area (Å²) in [4.78, 5) is 15.0. The van der Waals surface area contributed by atoms with Crippen molar-refractivity contribution in [3.05, 3.63) is 77.1 Å². The molecule has 12 heteroatoms. The number of aromatic amines is 1. The summed E-state index contributed by atoms with van der Waals surface area (Å²) in [6.07, 6.45) is 2.58. The van der Waals surface area contributed by atoms with Gasteiger partial charge in [0.1, 0.15) is 23.9 Å². The van der Waals surface area contributed by atoms with Gasteiger partial charge in [-0.05, 0) is 54.7 Å². The van der Waals surface area contributed by atoms with Crippen molar-refractivity contribution in [2.75, 3.05) is 18.4 Å². The lowest BCUT2D eigenvalue weighted by Crippen LogP contribution is -2.39. The fourth-order valence-electron chi connectivity index (χ4n) is 5.60. The minimum absolute atomic E-state index is 0.0868. The van der Waals surface area contributed by atoms with E-state index in [9.17, 15) is 18.4 Å². The van der Waals surface area contributed by atoms with E-state index in [2.05, 4.69) is 60.5 Å². The van der Waals surface area contributed by atoms with Crippen LogP contribution in [0.3, 0.4) is 0 Å². The van der Waals surface area contributed by atoms with Gasteiger partial charge in [-0.25, -0.2) is 15.0 Å². The Morgan fingerprint density at radius 3 is 2.61 bits per heavy atom. The number of nitrogens with zero attached hydrogens (tertiary/aromatic N) is 7. The fraction of sp³-hybridized carbons (Fsp3) is 0.345. The zero-order valence-corrected chi connectivity index (χ0v) is 22.4. The zero-order valence-electron chi connectivity index (χ0n) is 22.4. The first kappa shape index (κ1) is 26.7. The van der Waals surface area contributed by atoms with E-state index in [4.69, 9.17) is 0 Å². The number of piperidine rings is 1. The van der Waals surface area contributed by atoms with Crippen molar-refractivity contribution in [3.63, 3.8) is 0 Å². The average molecular weight is 560 g/mol. The average Bonchev–Trinajstić information content (AvgIpc) is 3.59. The molecule has 1 aromatic carbocycles. The number of H-pyrrole nitrogens is 1. The molecule has 0 spiro atoms. The summed E-state index contributed by atoms with van der Waals surface area (Å²) in [6.45, 7) is 5.20. The quantitative estimate of drug-likeness (QED) is 0.285. The molecule has 1 aliphatic heterocycles. The summed E-state index contributed by atoms with van der Waals surface area (Å²) < 4.78 is 40.8. The third kappa shape index (κ3) is 5.71. The number of halogens is 3. The van der Waals surface area contributed by atoms with Crippen LogP contribution < -0.4 is 5.32 Å². The Kier molecular flexibility index (Phi) is 7.05. The largest absolute Gasteiger partial charge is 0.393 e. The normalized spacial score (nSPS) is 15.0. The maximum Gasteiger partial charge on any atom is 0.393 e. The van der Waals surface area contributed by atoms with Crippen LogP contribution in [0.1, 0.15) is 40.8 Å². The highest BCUT2D eigenvalue weighted by Crippen LogP contribution is 2.29. The second-order valence-electron chi connectivity index (χ2n) is 10.5. The molecule has 1 aliphatic rings. The van der Waals surface area contributed by atoms with Gasteiger partial charge in [0, 0.05) is 54.5 Å². The van der Waals surface area contributed by atoms with Crippen molar-refractivity contribution < 1.29 is 13.2 Å². The summed E-state index contributed by atoms with van der Waals surface area (Å²) in [7, 11) is 0. The van der Waals surface area contributed by atoms with Gasteiger partial charge >= 0.3 is 6.18 Å². The van der Waals surface area contributed by atoms with Crippen LogP contribution in [0.4, 0.5) is 19.0 Å². The van der Waals surface area contributed by atoms with Crippen LogP contribution in [0.2, 0.25) is 0 Å². The molecule has 0 aliphatic carbocycles. The Morgan fingerprint density at radius 1 is 1.05 bits per heavy atom. The number of anilines is 1. The minimum atomic E-state index is -4.31. The molecule has 0 atom stereocenters. The number of rotatable bonds is 7. The predicted molar refractivity (Wildman–Crippen MR) is 148 cm³/mol. The molecule has 41 heavy (non-hydrogen) atoms. The highest BCUT2D eigenvalue weighted by atomic mass is 19.4. The molecular formula is C29H28F3N9. The molecule has 0 saturated carbocycles. The first-order valence-corrected chi connectivity index (χ1v) is 13.4. The maximum absolute atomic E-state index is 12.9. The van der Waals surface area contributed by atoms with Crippen LogP contribution >= 0.6 is 0 Å². The predicted octanol–water partition coefficient (Wildman–Crippen LogP) is 5.11. The van der Waals surface area contributed by atoms with Crippen LogP contribution in [0.15, 0.2) is 49.2 Å². The van der Waals surface area contributed by atoms with E-state index in [1.165, 1.54) is 29.7 Å². The van der Waals surface area contributed by atoms with Gasteiger partial charge < -0.3 is 9.88 Å². The number of hydrogen-bond donors (Lipinski definition) is 2. The van der Waals surface area contributed by atoms with Crippen LogP contribution in [0.5, 0.6) is 0 Å². The van der Waals surface area contributed by atoms with Gasteiger partial charge in [0.05, 0.1) is 24.5 Å². The molecule has 210 valence electrons. The Balaban J connectivity index is 1.13. The second kappa shape index (κ2) is 10.8. The first-order valence-electron chi connectivity index (χ1n) is 13.4. The maximum atomic E-state index is 12.9. The van der Waals surface area contributed by atoms with Gasteiger partial charge in [-0.2, -0.15) is 23.5 Å². The summed E-state index contributed by atoms with van der Waals surface area (Å²) in [6, 6.07) is 10.1. The molecule has 0 amide bonds. The Hall–Kier alpha value is -4.50. The van der Waals surface area contributed by atoms with E-state index in [0.29, 0.717) is 29.1 Å². The second-order valence-corrected chi connectivity index (χ2v) is 10.5. The number of benzene rings is 1. The first-order chi connectivity index (χ1) is 19.8. The Labute approximate surface area is 234 Å². The zero-order chi connectivity index (χ0) is 28.6. The van der Waals surface area contributed by atoms with Crippen molar-refractivity contribution in [1.29, 1.82) is 5.26 Å². The smallest absolute Gasteiger partial charge is 0.367 e. The van der Waals surface area contributed by atoms with Gasteiger partial charge in [0.15, 0.2) is 5.65 Å². The standard InChI is InChI=1S/C29H28F3N9/c1-18-21(2-3-26-24(18)9-23(11-33)41(26)15-20-13-37-38-14-20)16-40-6-4-22(5-7-40)39-28-25-8-19(10-29(30,31)32)12-34-27(25)35-17-36-28/h2-3,8-9,12-14,17,22H,4-7,10,15-16H2,1H3,(H,37,38)(H,34,35,36,39). The van der Waals surface area contributed by atoms with Crippen LogP contribution in [0.25, 0.3) is 21.9 Å². The van der Waals surface area contributed by atoms with Crippen LogP contribution in [-0.4, -0.2) is 59.9 Å². The summed E-state index contributed by atoms with van der Waals surface area (Å²) in [5.41, 5.74) is 5.49. The van der Waals surface area contributed by atoms with E-state index >= 15 is 0 Å². The number of pyridine rings is 1. The lowest BCUT2D eigenvalue weighted by atomic mass is 10.0. The molecule has 5 heterocycles. The molecule has 6 rings (SSSR count). The Morgan fingerprint density at radius 2 is 1.88 bits per heavy atom. The van der Waals surface area contributed by atoms with E-state index in [-0.39, 0.29) is 11.6 Å². The van der Waals surface area contributed by atoms with Crippen molar-refractivity contribution in [3.8, 4) is 6.07 Å². The van der Waals surface area contributed by atoms with Gasteiger partial charge in [-0.1, -0.05) is 6.07 Å². The van der Waals surface area contributed by atoms with Gasteiger partial charge in [-0.15, -0.1) is 0 Å². The number of nitriles is 1. The summed E-state index contributed by atoms with van der Waals surface area (Å²) in [5.74, 6) is 0.513. The topological polar surface area (TPSA) is 111 Å². The van der Waals surface area contributed by atoms with Gasteiger partial charge in [0.2, 0.25) is 0 Å². The number of likely N-dealkylation sites (tertiary alicyclic amines) is 1. The van der Waals surface area contributed by atoms with Crippen molar-refractivity contribution in [2.45, 2.75) is 51.5 Å². The lowest BCUT2D eigenvalue weighted by Gasteiger charge is -2.33. The molecule has 0 bridgehead atoms. The molecule has 5 aromatic rings. The third-order valence-electron chi connectivity index (χ3n) is 7.75. The minimum Gasteiger partial charge on any atom is -0.367 e. The van der Waals surface area contributed by atoms with E-state index < -0.39 is 12.6 Å². The number of alkyl halides is 3. The third-order valence-corrected chi connectivity index (χ3v) is 7.75. The van der Waals surface area contributed by atoms with E-state index in [1.807, 2.05) is 16.8 Å². The van der Waals surface area contributed by atoms with E-state index in [1.54, 1.807) is 6.20 Å². The fourth-order valence-corrected chi connectivity index (χ4v) is 5.60. The van der Waals surface area contributed by atoms with Crippen molar-refractivity contribution in [2.24, 2.45) is 0 Å². The number of fused-ring (bicyclic) bond motifs is 2. The van der Waals surface area contributed by atoms with Crippen LogP contribution in [-0.2, 0) is 19.5 Å². The SMILES string of the molecule is Cc1c(CN2CCC(Nc3ncnc4ncc(CC(F)(F)F)cc34)CC2)ccc2c1cc(C#N)n2Cc1cn[nH]c1. The number of aromatic nitrogens is 6. The summed E-state index contributed by atoms with van der Waals surface area (Å²) in [5, 5.41) is 21.6. The highest BCUT2D eigenvalue weighted by molar-refractivity contribution is 5.87. The van der Waals surface area contributed by atoms with Gasteiger partial charge in [0.25, 0.3) is 0 Å². The molecular weight excluding hydrogens is 531 g/mol. The molecule has 0 radical (unpaired) electrons. The Bertz CT molecular complexity index is 1730. The number of hydrogen-bond acceptors (Lipinski definition) is 7. The molecule has 1 fully saturated rings. The monoisotopic (exact) mass is 559 g/mol. The van der Waals surface area contributed by atoms with Gasteiger partial charge in [-0.3, -0.25) is 10.00 Å². The number of nitrogens with one attached hydrogen (secondary N) is 2. The molecule has 1 saturated heterocycles. The van der Waals surface area contributed by atoms with Crippen LogP contribution in [0, 0.1) is 18.3 Å². The van der Waals surface area contributed by atoms with Crippen molar-refractivity contribution >= 4 is 27.8 Å². The molecule has 2 N–H and O–H groups in total. The van der Waals surface area contributed by atoms with Crippen molar-refractivity contribution in [1.82, 2.24) is 34.6 Å².